The third-order valence-electron chi connectivity index (χ3n) is 2.58. The van der Waals surface area contributed by atoms with Gasteiger partial charge in [-0.2, -0.15) is 5.10 Å². The molecule has 0 amide bonds. The summed E-state index contributed by atoms with van der Waals surface area (Å²) in [5, 5.41) is 12.0. The number of fused-ring (bicyclic) bond motifs is 1. The van der Waals surface area contributed by atoms with E-state index in [1.54, 1.807) is 0 Å². The molecule has 5 nitrogen and oxygen atoms in total. The second-order valence-corrected chi connectivity index (χ2v) is 3.83. The van der Waals surface area contributed by atoms with Gasteiger partial charge in [0.2, 0.25) is 0 Å². The first-order valence-corrected chi connectivity index (χ1v) is 5.31. The van der Waals surface area contributed by atoms with Crippen LogP contribution in [-0.4, -0.2) is 28.8 Å². The number of anilines is 1. The van der Waals surface area contributed by atoms with Crippen LogP contribution in [0.25, 0.3) is 10.9 Å². The van der Waals surface area contributed by atoms with Gasteiger partial charge in [-0.3, -0.25) is 9.67 Å². The van der Waals surface area contributed by atoms with Crippen molar-refractivity contribution in [2.45, 2.75) is 0 Å². The minimum atomic E-state index is 0.832. The Kier molecular flexibility index (Phi) is 2.02. The van der Waals surface area contributed by atoms with Gasteiger partial charge in [0.15, 0.2) is 5.96 Å². The number of aryl methyl sites for hydroxylation is 1. The first-order valence-electron chi connectivity index (χ1n) is 5.31. The molecule has 2 N–H and O–H groups in total. The van der Waals surface area contributed by atoms with Crippen molar-refractivity contribution in [1.82, 2.24) is 15.1 Å². The van der Waals surface area contributed by atoms with Crippen molar-refractivity contribution in [2.75, 3.05) is 18.4 Å². The van der Waals surface area contributed by atoms with Gasteiger partial charge in [-0.15, -0.1) is 0 Å². The topological polar surface area (TPSA) is 54.2 Å². The Morgan fingerprint density at radius 1 is 1.44 bits per heavy atom. The molecule has 2 aromatic rings. The molecule has 0 bridgehead atoms. The molecule has 0 aliphatic carbocycles. The van der Waals surface area contributed by atoms with Gasteiger partial charge in [0.25, 0.3) is 0 Å². The molecule has 1 aromatic carbocycles. The SMILES string of the molecule is Cn1cc2cccc(NC3=NCCN3)c2n1. The summed E-state index contributed by atoms with van der Waals surface area (Å²) in [7, 11) is 1.93. The van der Waals surface area contributed by atoms with Gasteiger partial charge < -0.3 is 10.6 Å². The number of hydrogen-bond donors (Lipinski definition) is 2. The van der Waals surface area contributed by atoms with Crippen molar-refractivity contribution in [2.24, 2.45) is 12.0 Å². The molecule has 3 rings (SSSR count). The van der Waals surface area contributed by atoms with Gasteiger partial charge in [-0.05, 0) is 6.07 Å². The van der Waals surface area contributed by atoms with Crippen molar-refractivity contribution in [1.29, 1.82) is 0 Å². The quantitative estimate of drug-likeness (QED) is 0.744. The highest BCUT2D eigenvalue weighted by Crippen LogP contribution is 2.21. The number of aromatic nitrogens is 2. The average Bonchev–Trinajstić information content (AvgIpc) is 2.86. The molecular weight excluding hydrogens is 202 g/mol. The zero-order chi connectivity index (χ0) is 11.0. The summed E-state index contributed by atoms with van der Waals surface area (Å²) in [4.78, 5) is 4.30. The van der Waals surface area contributed by atoms with E-state index in [9.17, 15) is 0 Å². The number of nitrogens with zero attached hydrogens (tertiary/aromatic N) is 3. The van der Waals surface area contributed by atoms with E-state index in [1.807, 2.05) is 30.1 Å². The van der Waals surface area contributed by atoms with Crippen molar-refractivity contribution in [3.05, 3.63) is 24.4 Å². The molecule has 0 saturated carbocycles. The highest BCUT2D eigenvalue weighted by atomic mass is 15.3. The number of benzene rings is 1. The summed E-state index contributed by atoms with van der Waals surface area (Å²) in [6.45, 7) is 1.74. The highest BCUT2D eigenvalue weighted by Gasteiger charge is 2.09. The van der Waals surface area contributed by atoms with E-state index in [0.717, 1.165) is 35.6 Å². The van der Waals surface area contributed by atoms with Crippen LogP contribution in [0.4, 0.5) is 5.69 Å². The van der Waals surface area contributed by atoms with Crippen LogP contribution >= 0.6 is 0 Å². The van der Waals surface area contributed by atoms with Gasteiger partial charge in [-0.1, -0.05) is 12.1 Å². The molecule has 1 aliphatic heterocycles. The average molecular weight is 215 g/mol. The minimum absolute atomic E-state index is 0.832. The second kappa shape index (κ2) is 3.52. The Labute approximate surface area is 93.2 Å². The van der Waals surface area contributed by atoms with Crippen molar-refractivity contribution < 1.29 is 0 Å². The van der Waals surface area contributed by atoms with E-state index in [4.69, 9.17) is 0 Å². The summed E-state index contributed by atoms with van der Waals surface area (Å²) in [5.41, 5.74) is 1.97. The van der Waals surface area contributed by atoms with Crippen molar-refractivity contribution in [3.8, 4) is 0 Å². The van der Waals surface area contributed by atoms with Crippen LogP contribution in [0.5, 0.6) is 0 Å². The maximum absolute atomic E-state index is 4.43. The molecule has 0 unspecified atom stereocenters. The minimum Gasteiger partial charge on any atom is -0.354 e. The van der Waals surface area contributed by atoms with E-state index < -0.39 is 0 Å². The molecule has 82 valence electrons. The van der Waals surface area contributed by atoms with Crippen LogP contribution in [-0.2, 0) is 7.05 Å². The lowest BCUT2D eigenvalue weighted by Gasteiger charge is -2.06. The van der Waals surface area contributed by atoms with Crippen LogP contribution in [0.15, 0.2) is 29.4 Å². The maximum atomic E-state index is 4.43. The normalized spacial score (nSPS) is 14.9. The van der Waals surface area contributed by atoms with Gasteiger partial charge in [0, 0.05) is 25.2 Å². The van der Waals surface area contributed by atoms with Gasteiger partial charge >= 0.3 is 0 Å². The lowest BCUT2D eigenvalue weighted by molar-refractivity contribution is 0.780. The smallest absolute Gasteiger partial charge is 0.195 e. The molecule has 1 aromatic heterocycles. The lowest BCUT2D eigenvalue weighted by atomic mass is 10.2. The summed E-state index contributed by atoms with van der Waals surface area (Å²) >= 11 is 0. The first kappa shape index (κ1) is 9.21. The fourth-order valence-corrected chi connectivity index (χ4v) is 1.88. The molecular formula is C11H13N5. The van der Waals surface area contributed by atoms with E-state index in [1.165, 1.54) is 0 Å². The molecule has 0 radical (unpaired) electrons. The molecule has 5 heteroatoms. The zero-order valence-electron chi connectivity index (χ0n) is 9.07. The third kappa shape index (κ3) is 1.50. The molecule has 0 saturated heterocycles. The zero-order valence-corrected chi connectivity index (χ0v) is 9.07. The van der Waals surface area contributed by atoms with Gasteiger partial charge in [0.1, 0.15) is 5.52 Å². The fraction of sp³-hybridized carbons (Fsp3) is 0.273. The van der Waals surface area contributed by atoms with Crippen molar-refractivity contribution >= 4 is 22.5 Å². The third-order valence-corrected chi connectivity index (χ3v) is 2.58. The van der Waals surface area contributed by atoms with E-state index in [2.05, 4.69) is 26.8 Å². The highest BCUT2D eigenvalue weighted by molar-refractivity contribution is 6.02. The summed E-state index contributed by atoms with van der Waals surface area (Å²) < 4.78 is 1.82. The number of rotatable bonds is 1. The lowest BCUT2D eigenvalue weighted by Crippen LogP contribution is -2.26. The molecule has 0 fully saturated rings. The maximum Gasteiger partial charge on any atom is 0.195 e. The van der Waals surface area contributed by atoms with Crippen LogP contribution in [0, 0.1) is 0 Å². The van der Waals surface area contributed by atoms with E-state index >= 15 is 0 Å². The number of guanidine groups is 1. The Morgan fingerprint density at radius 3 is 3.19 bits per heavy atom. The Balaban J connectivity index is 2.02. The molecule has 0 spiro atoms. The number of nitrogens with one attached hydrogen (secondary N) is 2. The summed E-state index contributed by atoms with van der Waals surface area (Å²) in [6.07, 6.45) is 2.00. The largest absolute Gasteiger partial charge is 0.354 e. The molecule has 1 aliphatic rings. The van der Waals surface area contributed by atoms with Gasteiger partial charge in [-0.25, -0.2) is 0 Å². The van der Waals surface area contributed by atoms with Crippen molar-refractivity contribution in [3.63, 3.8) is 0 Å². The van der Waals surface area contributed by atoms with Crippen LogP contribution in [0.3, 0.4) is 0 Å². The van der Waals surface area contributed by atoms with Crippen LogP contribution in [0.1, 0.15) is 0 Å². The Hall–Kier alpha value is -2.04. The number of hydrogen-bond acceptors (Lipinski definition) is 4. The van der Waals surface area contributed by atoms with Crippen LogP contribution < -0.4 is 10.6 Å². The fourth-order valence-electron chi connectivity index (χ4n) is 1.88. The molecule has 16 heavy (non-hydrogen) atoms. The Bertz CT molecular complexity index is 555. The molecule has 0 atom stereocenters. The first-order chi connectivity index (χ1) is 7.83. The summed E-state index contributed by atoms with van der Waals surface area (Å²) in [6, 6.07) is 6.08. The monoisotopic (exact) mass is 215 g/mol. The molecule has 2 heterocycles. The standard InChI is InChI=1S/C11H13N5/c1-16-7-8-3-2-4-9(10(8)15-16)14-11-12-5-6-13-11/h2-4,7H,5-6H2,1H3,(H2,12,13,14). The second-order valence-electron chi connectivity index (χ2n) is 3.83. The van der Waals surface area contributed by atoms with Gasteiger partial charge in [0.05, 0.1) is 12.2 Å². The summed E-state index contributed by atoms with van der Waals surface area (Å²) in [5.74, 6) is 0.832. The predicted molar refractivity (Wildman–Crippen MR) is 64.6 cm³/mol. The van der Waals surface area contributed by atoms with E-state index in [-0.39, 0.29) is 0 Å². The van der Waals surface area contributed by atoms with E-state index in [0.29, 0.717) is 0 Å². The number of aliphatic imine (C=N–C) groups is 1. The Morgan fingerprint density at radius 2 is 2.38 bits per heavy atom. The predicted octanol–water partition coefficient (Wildman–Crippen LogP) is 0.944. The van der Waals surface area contributed by atoms with Crippen LogP contribution in [0.2, 0.25) is 0 Å².